The zero-order valence-electron chi connectivity index (χ0n) is 11.2. The van der Waals surface area contributed by atoms with Crippen molar-refractivity contribution in [3.05, 3.63) is 33.9 Å². The molecule has 0 heterocycles. The van der Waals surface area contributed by atoms with Gasteiger partial charge in [-0.1, -0.05) is 0 Å². The molecule has 7 heteroatoms. The van der Waals surface area contributed by atoms with Gasteiger partial charge in [-0.15, -0.1) is 0 Å². The third-order valence-electron chi connectivity index (χ3n) is 2.78. The largest absolute Gasteiger partial charge is 0.504 e. The molecule has 20 heavy (non-hydrogen) atoms. The van der Waals surface area contributed by atoms with Crippen LogP contribution in [0.15, 0.2) is 18.2 Å². The van der Waals surface area contributed by atoms with Gasteiger partial charge in [-0.2, -0.15) is 0 Å². The number of carbonyl (C=O) groups excluding carboxylic acids is 1. The Kier molecular flexibility index (Phi) is 5.08. The maximum Gasteiger partial charge on any atom is 0.315 e. The van der Waals surface area contributed by atoms with Crippen molar-refractivity contribution in [2.75, 3.05) is 13.1 Å². The van der Waals surface area contributed by atoms with Gasteiger partial charge < -0.3 is 15.1 Å². The molecule has 0 spiro atoms. The molecule has 0 radical (unpaired) electrons. The summed E-state index contributed by atoms with van der Waals surface area (Å²) in [7, 11) is 0. The lowest BCUT2D eigenvalue weighted by Crippen LogP contribution is -2.28. The summed E-state index contributed by atoms with van der Waals surface area (Å²) in [5.74, 6) is -1.62. The van der Waals surface area contributed by atoms with Crippen molar-refractivity contribution >= 4 is 17.7 Å². The quantitative estimate of drug-likeness (QED) is 0.371. The Labute approximate surface area is 115 Å². The zero-order valence-corrected chi connectivity index (χ0v) is 11.2. The van der Waals surface area contributed by atoms with Crippen LogP contribution in [0.2, 0.25) is 0 Å². The molecule has 0 unspecified atom stereocenters. The normalized spacial score (nSPS) is 10.7. The van der Waals surface area contributed by atoms with Gasteiger partial charge in [-0.3, -0.25) is 14.9 Å². The standard InChI is InChI=1S/C13H16N2O5/c1-3-14(4-2)12(17)6-5-9-7-10(15(19)20)13(18)11(16)8-9/h5-8,16,18H,3-4H2,1-2H3/b6-5+. The van der Waals surface area contributed by atoms with E-state index >= 15 is 0 Å². The van der Waals surface area contributed by atoms with Gasteiger partial charge >= 0.3 is 5.69 Å². The van der Waals surface area contributed by atoms with Crippen LogP contribution in [-0.4, -0.2) is 39.0 Å². The molecule has 0 aromatic heterocycles. The van der Waals surface area contributed by atoms with Crippen molar-refractivity contribution in [1.29, 1.82) is 0 Å². The van der Waals surface area contributed by atoms with Gasteiger partial charge in [-0.25, -0.2) is 0 Å². The number of phenolic OH excluding ortho intramolecular Hbond substituents is 2. The molecule has 108 valence electrons. The molecule has 0 aliphatic rings. The molecule has 2 N–H and O–H groups in total. The van der Waals surface area contributed by atoms with Gasteiger partial charge in [0, 0.05) is 25.2 Å². The lowest BCUT2D eigenvalue weighted by molar-refractivity contribution is -0.386. The highest BCUT2D eigenvalue weighted by molar-refractivity contribution is 5.92. The highest BCUT2D eigenvalue weighted by Crippen LogP contribution is 2.36. The summed E-state index contributed by atoms with van der Waals surface area (Å²) in [4.78, 5) is 23.2. The van der Waals surface area contributed by atoms with Crippen LogP contribution in [0.25, 0.3) is 6.08 Å². The fourth-order valence-corrected chi connectivity index (χ4v) is 1.67. The fourth-order valence-electron chi connectivity index (χ4n) is 1.67. The Morgan fingerprint density at radius 1 is 1.35 bits per heavy atom. The Morgan fingerprint density at radius 2 is 1.95 bits per heavy atom. The SMILES string of the molecule is CCN(CC)C(=O)/C=C/c1cc(O)c(O)c([N+](=O)[O-])c1. The number of hydrogen-bond acceptors (Lipinski definition) is 5. The van der Waals surface area contributed by atoms with Crippen molar-refractivity contribution in [1.82, 2.24) is 4.90 Å². The van der Waals surface area contributed by atoms with E-state index in [-0.39, 0.29) is 11.5 Å². The molecule has 0 bridgehead atoms. The van der Waals surface area contributed by atoms with E-state index in [0.717, 1.165) is 12.1 Å². The molecule has 0 aliphatic heterocycles. The predicted octanol–water partition coefficient (Wildman–Crippen LogP) is 1.89. The highest BCUT2D eigenvalue weighted by Gasteiger charge is 2.18. The number of phenols is 2. The van der Waals surface area contributed by atoms with E-state index in [9.17, 15) is 25.1 Å². The van der Waals surface area contributed by atoms with Gasteiger partial charge in [-0.05, 0) is 31.6 Å². The van der Waals surface area contributed by atoms with E-state index in [2.05, 4.69) is 0 Å². The minimum Gasteiger partial charge on any atom is -0.504 e. The van der Waals surface area contributed by atoms with Crippen LogP contribution < -0.4 is 0 Å². The molecular weight excluding hydrogens is 264 g/mol. The number of aromatic hydroxyl groups is 2. The molecule has 1 rings (SSSR count). The summed E-state index contributed by atoms with van der Waals surface area (Å²) in [6.07, 6.45) is 2.62. The first-order chi connectivity index (χ1) is 9.40. The summed E-state index contributed by atoms with van der Waals surface area (Å²) in [5, 5.41) is 29.5. The topological polar surface area (TPSA) is 104 Å². The van der Waals surface area contributed by atoms with Gasteiger partial charge in [0.1, 0.15) is 0 Å². The van der Waals surface area contributed by atoms with Crippen LogP contribution in [-0.2, 0) is 4.79 Å². The van der Waals surface area contributed by atoms with E-state index in [1.807, 2.05) is 13.8 Å². The first-order valence-electron chi connectivity index (χ1n) is 6.08. The van der Waals surface area contributed by atoms with Crippen LogP contribution in [0.1, 0.15) is 19.4 Å². The van der Waals surface area contributed by atoms with Crippen LogP contribution in [0.4, 0.5) is 5.69 Å². The Hall–Kier alpha value is -2.57. The Bertz CT molecular complexity index is 550. The third kappa shape index (κ3) is 3.47. The van der Waals surface area contributed by atoms with E-state index in [4.69, 9.17) is 0 Å². The Morgan fingerprint density at radius 3 is 2.45 bits per heavy atom. The van der Waals surface area contributed by atoms with E-state index < -0.39 is 22.1 Å². The molecule has 0 fully saturated rings. The smallest absolute Gasteiger partial charge is 0.315 e. The van der Waals surface area contributed by atoms with Crippen LogP contribution in [0, 0.1) is 10.1 Å². The van der Waals surface area contributed by atoms with E-state index in [1.54, 1.807) is 4.90 Å². The van der Waals surface area contributed by atoms with Crippen molar-refractivity contribution in [3.8, 4) is 11.5 Å². The number of benzene rings is 1. The maximum absolute atomic E-state index is 11.7. The summed E-state index contributed by atoms with van der Waals surface area (Å²) < 4.78 is 0. The van der Waals surface area contributed by atoms with Crippen molar-refractivity contribution in [2.24, 2.45) is 0 Å². The second-order valence-electron chi connectivity index (χ2n) is 4.01. The number of rotatable bonds is 5. The van der Waals surface area contributed by atoms with Gasteiger partial charge in [0.15, 0.2) is 5.75 Å². The van der Waals surface area contributed by atoms with Crippen molar-refractivity contribution in [3.63, 3.8) is 0 Å². The first-order valence-corrected chi connectivity index (χ1v) is 6.08. The van der Waals surface area contributed by atoms with Gasteiger partial charge in [0.2, 0.25) is 11.7 Å². The maximum atomic E-state index is 11.7. The number of nitro groups is 1. The van der Waals surface area contributed by atoms with Crippen LogP contribution >= 0.6 is 0 Å². The number of nitrogens with zero attached hydrogens (tertiary/aromatic N) is 2. The lowest BCUT2D eigenvalue weighted by Gasteiger charge is -2.15. The molecule has 0 saturated carbocycles. The van der Waals surface area contributed by atoms with Crippen molar-refractivity contribution < 1.29 is 19.9 Å². The Balaban J connectivity index is 3.04. The first kappa shape index (κ1) is 15.5. The third-order valence-corrected chi connectivity index (χ3v) is 2.78. The van der Waals surface area contributed by atoms with Gasteiger partial charge in [0.25, 0.3) is 0 Å². The number of hydrogen-bond donors (Lipinski definition) is 2. The van der Waals surface area contributed by atoms with Crippen LogP contribution in [0.5, 0.6) is 11.5 Å². The number of likely N-dealkylation sites (N-methyl/N-ethyl adjacent to an activating group) is 1. The average molecular weight is 280 g/mol. The predicted molar refractivity (Wildman–Crippen MR) is 73.4 cm³/mol. The molecule has 1 aromatic carbocycles. The lowest BCUT2D eigenvalue weighted by atomic mass is 10.1. The highest BCUT2D eigenvalue weighted by atomic mass is 16.6. The molecule has 1 aromatic rings. The molecular formula is C13H16N2O5. The number of carbonyl (C=O) groups is 1. The van der Waals surface area contributed by atoms with Gasteiger partial charge in [0.05, 0.1) is 4.92 Å². The number of amides is 1. The second kappa shape index (κ2) is 6.55. The summed E-state index contributed by atoms with van der Waals surface area (Å²) >= 11 is 0. The zero-order chi connectivity index (χ0) is 15.3. The second-order valence-corrected chi connectivity index (χ2v) is 4.01. The summed E-state index contributed by atoms with van der Waals surface area (Å²) in [6.45, 7) is 4.79. The molecule has 0 atom stereocenters. The van der Waals surface area contributed by atoms with E-state index in [1.165, 1.54) is 12.2 Å². The summed E-state index contributed by atoms with van der Waals surface area (Å²) in [6, 6.07) is 2.23. The van der Waals surface area contributed by atoms with E-state index in [0.29, 0.717) is 13.1 Å². The monoisotopic (exact) mass is 280 g/mol. The van der Waals surface area contributed by atoms with Crippen LogP contribution in [0.3, 0.4) is 0 Å². The number of nitro benzene ring substituents is 1. The summed E-state index contributed by atoms with van der Waals surface area (Å²) in [5.41, 5.74) is -0.354. The fraction of sp³-hybridized carbons (Fsp3) is 0.308. The molecule has 7 nitrogen and oxygen atoms in total. The average Bonchev–Trinajstić information content (AvgIpc) is 2.41. The molecule has 0 aliphatic carbocycles. The molecule has 1 amide bonds. The molecule has 0 saturated heterocycles. The minimum absolute atomic E-state index is 0.231. The minimum atomic E-state index is -0.807. The van der Waals surface area contributed by atoms with Crippen molar-refractivity contribution in [2.45, 2.75) is 13.8 Å².